The molecule has 0 unspecified atom stereocenters. The molecule has 74 valence electrons. The van der Waals surface area contributed by atoms with Crippen molar-refractivity contribution in [3.63, 3.8) is 0 Å². The van der Waals surface area contributed by atoms with E-state index in [0.717, 1.165) is 23.1 Å². The molecular weight excluding hydrogens is 242 g/mol. The van der Waals surface area contributed by atoms with Crippen molar-refractivity contribution in [1.29, 1.82) is 0 Å². The summed E-state index contributed by atoms with van der Waals surface area (Å²) < 4.78 is 0.908. The van der Waals surface area contributed by atoms with Crippen LogP contribution < -0.4 is 5.73 Å². The molecule has 0 bridgehead atoms. The Morgan fingerprint density at radius 3 is 2.29 bits per heavy atom. The number of nitrogens with zero attached hydrogens (tertiary/aromatic N) is 2. The average molecular weight is 254 g/mol. The van der Waals surface area contributed by atoms with Crippen molar-refractivity contribution in [3.8, 4) is 0 Å². The van der Waals surface area contributed by atoms with Gasteiger partial charge in [0, 0.05) is 12.4 Å². The molecule has 1 spiro atoms. The van der Waals surface area contributed by atoms with E-state index in [1.54, 1.807) is 12.4 Å². The molecular formula is C10H12BrN3. The summed E-state index contributed by atoms with van der Waals surface area (Å²) in [5.41, 5.74) is 6.60. The van der Waals surface area contributed by atoms with E-state index in [1.807, 2.05) is 0 Å². The summed E-state index contributed by atoms with van der Waals surface area (Å²) in [6, 6.07) is 0. The Balaban J connectivity index is 1.85. The van der Waals surface area contributed by atoms with Crippen LogP contribution in [0, 0.1) is 5.41 Å². The topological polar surface area (TPSA) is 51.8 Å². The second-order valence-corrected chi connectivity index (χ2v) is 5.65. The maximum Gasteiger partial charge on any atom is 0.148 e. The standard InChI is InChI=1S/C10H12BrN3/c11-7-3-13-8(14-4-7)10(12)5-9(6-10)1-2-9/h3-4H,1-2,5-6,12H2. The molecule has 1 heterocycles. The van der Waals surface area contributed by atoms with Crippen LogP contribution in [-0.4, -0.2) is 9.97 Å². The highest BCUT2D eigenvalue weighted by Crippen LogP contribution is 2.66. The highest BCUT2D eigenvalue weighted by atomic mass is 79.9. The van der Waals surface area contributed by atoms with Gasteiger partial charge in [-0.25, -0.2) is 9.97 Å². The van der Waals surface area contributed by atoms with Crippen LogP contribution in [0.3, 0.4) is 0 Å². The molecule has 0 amide bonds. The zero-order valence-electron chi connectivity index (χ0n) is 7.83. The minimum Gasteiger partial charge on any atom is -0.319 e. The van der Waals surface area contributed by atoms with E-state index in [0.29, 0.717) is 5.41 Å². The number of hydrogen-bond donors (Lipinski definition) is 1. The Morgan fingerprint density at radius 2 is 1.79 bits per heavy atom. The predicted octanol–water partition coefficient (Wildman–Crippen LogP) is 1.97. The number of halogens is 1. The van der Waals surface area contributed by atoms with Crippen molar-refractivity contribution in [2.45, 2.75) is 31.2 Å². The molecule has 0 atom stereocenters. The molecule has 2 fully saturated rings. The van der Waals surface area contributed by atoms with E-state index < -0.39 is 0 Å². The van der Waals surface area contributed by atoms with E-state index in [-0.39, 0.29) is 5.54 Å². The van der Waals surface area contributed by atoms with Gasteiger partial charge in [-0.15, -0.1) is 0 Å². The van der Waals surface area contributed by atoms with Crippen LogP contribution in [0.15, 0.2) is 16.9 Å². The van der Waals surface area contributed by atoms with Crippen molar-refractivity contribution in [1.82, 2.24) is 9.97 Å². The van der Waals surface area contributed by atoms with Crippen LogP contribution in [0.2, 0.25) is 0 Å². The van der Waals surface area contributed by atoms with Gasteiger partial charge in [0.25, 0.3) is 0 Å². The van der Waals surface area contributed by atoms with Gasteiger partial charge in [0.2, 0.25) is 0 Å². The van der Waals surface area contributed by atoms with Crippen molar-refractivity contribution in [3.05, 3.63) is 22.7 Å². The van der Waals surface area contributed by atoms with Gasteiger partial charge in [0.15, 0.2) is 0 Å². The second kappa shape index (κ2) is 2.55. The highest BCUT2D eigenvalue weighted by molar-refractivity contribution is 9.10. The van der Waals surface area contributed by atoms with Crippen molar-refractivity contribution in [2.24, 2.45) is 11.1 Å². The van der Waals surface area contributed by atoms with E-state index >= 15 is 0 Å². The third-order valence-corrected chi connectivity index (χ3v) is 3.81. The lowest BCUT2D eigenvalue weighted by Gasteiger charge is -2.44. The smallest absolute Gasteiger partial charge is 0.148 e. The SMILES string of the molecule is NC1(c2ncc(Br)cn2)CC2(CC2)C1. The van der Waals surface area contributed by atoms with E-state index in [1.165, 1.54) is 12.8 Å². The van der Waals surface area contributed by atoms with Crippen LogP contribution >= 0.6 is 15.9 Å². The molecule has 0 aliphatic heterocycles. The van der Waals surface area contributed by atoms with Crippen LogP contribution in [0.4, 0.5) is 0 Å². The third-order valence-electron chi connectivity index (χ3n) is 3.40. The number of rotatable bonds is 1. The Labute approximate surface area is 91.3 Å². The molecule has 2 aliphatic rings. The molecule has 4 heteroatoms. The molecule has 0 saturated heterocycles. The highest BCUT2D eigenvalue weighted by Gasteiger charge is 2.61. The Morgan fingerprint density at radius 1 is 1.21 bits per heavy atom. The van der Waals surface area contributed by atoms with Crippen molar-refractivity contribution >= 4 is 15.9 Å². The number of aromatic nitrogens is 2. The van der Waals surface area contributed by atoms with Crippen LogP contribution in [0.1, 0.15) is 31.5 Å². The zero-order chi connectivity index (χ0) is 9.81. The van der Waals surface area contributed by atoms with Gasteiger partial charge >= 0.3 is 0 Å². The molecule has 2 N–H and O–H groups in total. The summed E-state index contributed by atoms with van der Waals surface area (Å²) in [6.45, 7) is 0. The fourth-order valence-corrected chi connectivity index (χ4v) is 2.75. The van der Waals surface area contributed by atoms with Gasteiger partial charge in [0.1, 0.15) is 5.82 Å². The molecule has 14 heavy (non-hydrogen) atoms. The van der Waals surface area contributed by atoms with E-state index in [9.17, 15) is 0 Å². The maximum absolute atomic E-state index is 6.25. The quantitative estimate of drug-likeness (QED) is 0.833. The molecule has 3 rings (SSSR count). The van der Waals surface area contributed by atoms with E-state index in [2.05, 4.69) is 25.9 Å². The Bertz CT molecular complexity index is 361. The van der Waals surface area contributed by atoms with Crippen LogP contribution in [-0.2, 0) is 5.54 Å². The molecule has 1 aromatic heterocycles. The summed E-state index contributed by atoms with van der Waals surface area (Å²) in [6.07, 6.45) is 8.39. The average Bonchev–Trinajstić information content (AvgIpc) is 2.85. The minimum absolute atomic E-state index is 0.239. The number of hydrogen-bond acceptors (Lipinski definition) is 3. The minimum atomic E-state index is -0.239. The molecule has 3 nitrogen and oxygen atoms in total. The summed E-state index contributed by atoms with van der Waals surface area (Å²) in [4.78, 5) is 8.56. The Kier molecular flexibility index (Phi) is 1.60. The number of nitrogens with two attached hydrogens (primary N) is 1. The third kappa shape index (κ3) is 1.21. The van der Waals surface area contributed by atoms with Gasteiger partial charge in [-0.2, -0.15) is 0 Å². The monoisotopic (exact) mass is 253 g/mol. The van der Waals surface area contributed by atoms with Crippen LogP contribution in [0.5, 0.6) is 0 Å². The van der Waals surface area contributed by atoms with Gasteiger partial charge in [0.05, 0.1) is 10.0 Å². The van der Waals surface area contributed by atoms with Crippen molar-refractivity contribution < 1.29 is 0 Å². The molecule has 0 aromatic carbocycles. The summed E-state index contributed by atoms with van der Waals surface area (Å²) in [5, 5.41) is 0. The second-order valence-electron chi connectivity index (χ2n) is 4.73. The van der Waals surface area contributed by atoms with Gasteiger partial charge in [-0.1, -0.05) is 0 Å². The normalized spacial score (nSPS) is 25.9. The fraction of sp³-hybridized carbons (Fsp3) is 0.600. The first-order chi connectivity index (χ1) is 6.62. The summed E-state index contributed by atoms with van der Waals surface area (Å²) in [7, 11) is 0. The summed E-state index contributed by atoms with van der Waals surface area (Å²) >= 11 is 3.32. The Hall–Kier alpha value is -0.480. The van der Waals surface area contributed by atoms with E-state index in [4.69, 9.17) is 5.73 Å². The van der Waals surface area contributed by atoms with Gasteiger partial charge < -0.3 is 5.73 Å². The van der Waals surface area contributed by atoms with Gasteiger partial charge in [-0.3, -0.25) is 0 Å². The molecule has 1 aromatic rings. The lowest BCUT2D eigenvalue weighted by Crippen LogP contribution is -2.51. The zero-order valence-corrected chi connectivity index (χ0v) is 9.42. The molecule has 2 saturated carbocycles. The first kappa shape index (κ1) is 8.80. The lowest BCUT2D eigenvalue weighted by atomic mass is 9.65. The molecule has 2 aliphatic carbocycles. The van der Waals surface area contributed by atoms with Crippen molar-refractivity contribution in [2.75, 3.05) is 0 Å². The van der Waals surface area contributed by atoms with Gasteiger partial charge in [-0.05, 0) is 47.0 Å². The fourth-order valence-electron chi connectivity index (χ4n) is 2.54. The summed E-state index contributed by atoms with van der Waals surface area (Å²) in [5.74, 6) is 0.804. The largest absolute Gasteiger partial charge is 0.319 e. The maximum atomic E-state index is 6.25. The first-order valence-electron chi connectivity index (χ1n) is 4.89. The predicted molar refractivity (Wildman–Crippen MR) is 56.5 cm³/mol. The molecule has 0 radical (unpaired) electrons. The lowest BCUT2D eigenvalue weighted by molar-refractivity contribution is 0.115. The first-order valence-corrected chi connectivity index (χ1v) is 5.68. The van der Waals surface area contributed by atoms with Crippen LogP contribution in [0.25, 0.3) is 0 Å².